The zero-order valence-corrected chi connectivity index (χ0v) is 10.9. The fourth-order valence-electron chi connectivity index (χ4n) is 1.32. The third-order valence-corrected chi connectivity index (χ3v) is 2.54. The molecular formula is C13H19NOS. The first-order chi connectivity index (χ1) is 7.39. The lowest BCUT2D eigenvalue weighted by molar-refractivity contribution is 0.329. The molecule has 3 heteroatoms. The van der Waals surface area contributed by atoms with E-state index in [0.717, 1.165) is 5.75 Å². The van der Waals surface area contributed by atoms with Crippen LogP contribution < -0.4 is 10.5 Å². The maximum absolute atomic E-state index is 5.52. The van der Waals surface area contributed by atoms with E-state index in [4.69, 9.17) is 22.7 Å². The van der Waals surface area contributed by atoms with Gasteiger partial charge in [0.1, 0.15) is 5.75 Å². The Morgan fingerprint density at radius 1 is 1.25 bits per heavy atom. The molecule has 0 radical (unpaired) electrons. The van der Waals surface area contributed by atoms with Crippen LogP contribution in [0.5, 0.6) is 5.75 Å². The van der Waals surface area contributed by atoms with Crippen molar-refractivity contribution in [2.24, 2.45) is 5.73 Å². The van der Waals surface area contributed by atoms with Gasteiger partial charge in [-0.3, -0.25) is 0 Å². The highest BCUT2D eigenvalue weighted by Crippen LogP contribution is 2.24. The Labute approximate surface area is 103 Å². The molecule has 0 saturated heterocycles. The standard InChI is InChI=1S/C13H19NOS/c1-13(2,3)10-4-6-11(7-5-10)15-9-8-12(14)16/h4-7H,8-9H2,1-3H3,(H2,14,16). The molecule has 0 atom stereocenters. The number of nitrogens with two attached hydrogens (primary N) is 1. The lowest BCUT2D eigenvalue weighted by Gasteiger charge is -2.19. The summed E-state index contributed by atoms with van der Waals surface area (Å²) in [5.41, 5.74) is 6.87. The summed E-state index contributed by atoms with van der Waals surface area (Å²) in [6, 6.07) is 8.16. The van der Waals surface area contributed by atoms with Gasteiger partial charge in [-0.05, 0) is 23.1 Å². The SMILES string of the molecule is CC(C)(C)c1ccc(OCCC(N)=S)cc1. The number of hydrogen-bond donors (Lipinski definition) is 1. The summed E-state index contributed by atoms with van der Waals surface area (Å²) in [5.74, 6) is 0.865. The minimum atomic E-state index is 0.178. The number of hydrogen-bond acceptors (Lipinski definition) is 2. The summed E-state index contributed by atoms with van der Waals surface area (Å²) < 4.78 is 5.52. The van der Waals surface area contributed by atoms with Crippen LogP contribution in [0.2, 0.25) is 0 Å². The van der Waals surface area contributed by atoms with Gasteiger partial charge in [-0.2, -0.15) is 0 Å². The van der Waals surface area contributed by atoms with Crippen LogP contribution >= 0.6 is 12.2 Å². The predicted molar refractivity (Wildman–Crippen MR) is 72.0 cm³/mol. The second kappa shape index (κ2) is 5.30. The Balaban J connectivity index is 2.55. The highest BCUT2D eigenvalue weighted by Gasteiger charge is 2.12. The first kappa shape index (κ1) is 13.0. The third kappa shape index (κ3) is 4.19. The molecule has 0 saturated carbocycles. The Hall–Kier alpha value is -1.09. The Morgan fingerprint density at radius 3 is 2.25 bits per heavy atom. The topological polar surface area (TPSA) is 35.2 Å². The van der Waals surface area contributed by atoms with Crippen LogP contribution in [0.15, 0.2) is 24.3 Å². The van der Waals surface area contributed by atoms with Crippen LogP contribution in [0.1, 0.15) is 32.8 Å². The molecule has 0 unspecified atom stereocenters. The minimum absolute atomic E-state index is 0.178. The molecule has 0 aromatic heterocycles. The van der Waals surface area contributed by atoms with Gasteiger partial charge in [0.05, 0.1) is 11.6 Å². The van der Waals surface area contributed by atoms with Crippen LogP contribution in [0.3, 0.4) is 0 Å². The van der Waals surface area contributed by atoms with E-state index >= 15 is 0 Å². The largest absolute Gasteiger partial charge is 0.493 e. The van der Waals surface area contributed by atoms with E-state index in [9.17, 15) is 0 Å². The summed E-state index contributed by atoms with van der Waals surface area (Å²) >= 11 is 4.78. The van der Waals surface area contributed by atoms with Gasteiger partial charge >= 0.3 is 0 Å². The van der Waals surface area contributed by atoms with E-state index in [1.54, 1.807) is 0 Å². The van der Waals surface area contributed by atoms with Crippen molar-refractivity contribution in [2.45, 2.75) is 32.6 Å². The molecule has 16 heavy (non-hydrogen) atoms. The van der Waals surface area contributed by atoms with E-state index in [1.807, 2.05) is 12.1 Å². The van der Waals surface area contributed by atoms with E-state index in [-0.39, 0.29) is 5.41 Å². The van der Waals surface area contributed by atoms with Crippen LogP contribution in [-0.4, -0.2) is 11.6 Å². The second-order valence-corrected chi connectivity index (χ2v) is 5.36. The zero-order valence-electron chi connectivity index (χ0n) is 10.1. The van der Waals surface area contributed by atoms with E-state index in [1.165, 1.54) is 5.56 Å². The second-order valence-electron chi connectivity index (χ2n) is 4.84. The molecule has 1 aromatic carbocycles. The van der Waals surface area contributed by atoms with E-state index < -0.39 is 0 Å². The maximum atomic E-state index is 5.52. The van der Waals surface area contributed by atoms with Gasteiger partial charge in [-0.15, -0.1) is 0 Å². The van der Waals surface area contributed by atoms with Crippen molar-refractivity contribution in [3.63, 3.8) is 0 Å². The van der Waals surface area contributed by atoms with Crippen molar-refractivity contribution in [1.82, 2.24) is 0 Å². The summed E-state index contributed by atoms with van der Waals surface area (Å²) in [6.45, 7) is 7.12. The molecular weight excluding hydrogens is 218 g/mol. The number of rotatable bonds is 4. The van der Waals surface area contributed by atoms with Crippen molar-refractivity contribution in [3.05, 3.63) is 29.8 Å². The van der Waals surface area contributed by atoms with Gasteiger partial charge in [-0.25, -0.2) is 0 Å². The molecule has 1 aromatic rings. The lowest BCUT2D eigenvalue weighted by atomic mass is 9.87. The average molecular weight is 237 g/mol. The van der Waals surface area contributed by atoms with Crippen molar-refractivity contribution >= 4 is 17.2 Å². The molecule has 2 N–H and O–H groups in total. The Morgan fingerprint density at radius 2 is 1.81 bits per heavy atom. The quantitative estimate of drug-likeness (QED) is 0.818. The molecule has 0 aliphatic carbocycles. The molecule has 0 bridgehead atoms. The van der Waals surface area contributed by atoms with Gasteiger partial charge in [0.15, 0.2) is 0 Å². The van der Waals surface area contributed by atoms with Crippen LogP contribution in [-0.2, 0) is 5.41 Å². The van der Waals surface area contributed by atoms with Gasteiger partial charge in [-0.1, -0.05) is 45.1 Å². The van der Waals surface area contributed by atoms with Crippen molar-refractivity contribution in [3.8, 4) is 5.75 Å². The predicted octanol–water partition coefficient (Wildman–Crippen LogP) is 3.04. The molecule has 0 spiro atoms. The smallest absolute Gasteiger partial charge is 0.119 e. The summed E-state index contributed by atoms with van der Waals surface area (Å²) in [7, 11) is 0. The summed E-state index contributed by atoms with van der Waals surface area (Å²) in [5, 5.41) is 0. The monoisotopic (exact) mass is 237 g/mol. The number of ether oxygens (including phenoxy) is 1. The number of benzene rings is 1. The van der Waals surface area contributed by atoms with Gasteiger partial charge < -0.3 is 10.5 Å². The Kier molecular flexibility index (Phi) is 4.30. The minimum Gasteiger partial charge on any atom is -0.493 e. The molecule has 0 aliphatic heterocycles. The van der Waals surface area contributed by atoms with Crippen LogP contribution in [0.25, 0.3) is 0 Å². The van der Waals surface area contributed by atoms with E-state index in [0.29, 0.717) is 18.0 Å². The molecule has 0 aliphatic rings. The fraction of sp³-hybridized carbons (Fsp3) is 0.462. The molecule has 1 rings (SSSR count). The molecule has 0 fully saturated rings. The molecule has 2 nitrogen and oxygen atoms in total. The highest BCUT2D eigenvalue weighted by atomic mass is 32.1. The molecule has 0 amide bonds. The van der Waals surface area contributed by atoms with Gasteiger partial charge in [0.25, 0.3) is 0 Å². The average Bonchev–Trinajstić information content (AvgIpc) is 2.16. The number of thiocarbonyl (C=S) groups is 1. The normalized spacial score (nSPS) is 11.2. The van der Waals surface area contributed by atoms with Crippen LogP contribution in [0.4, 0.5) is 0 Å². The first-order valence-corrected chi connectivity index (χ1v) is 5.82. The zero-order chi connectivity index (χ0) is 12.2. The molecule has 88 valence electrons. The molecule has 0 heterocycles. The summed E-state index contributed by atoms with van der Waals surface area (Å²) in [4.78, 5) is 0.492. The highest BCUT2D eigenvalue weighted by molar-refractivity contribution is 7.80. The van der Waals surface area contributed by atoms with Crippen molar-refractivity contribution in [1.29, 1.82) is 0 Å². The lowest BCUT2D eigenvalue weighted by Crippen LogP contribution is -2.13. The maximum Gasteiger partial charge on any atom is 0.119 e. The Bertz CT molecular complexity index is 351. The van der Waals surface area contributed by atoms with Crippen molar-refractivity contribution < 1.29 is 4.74 Å². The van der Waals surface area contributed by atoms with Crippen LogP contribution in [0, 0.1) is 0 Å². The summed E-state index contributed by atoms with van der Waals surface area (Å²) in [6.07, 6.45) is 0.621. The van der Waals surface area contributed by atoms with Crippen molar-refractivity contribution in [2.75, 3.05) is 6.61 Å². The van der Waals surface area contributed by atoms with Gasteiger partial charge in [0, 0.05) is 6.42 Å². The third-order valence-electron chi connectivity index (χ3n) is 2.34. The van der Waals surface area contributed by atoms with Gasteiger partial charge in [0.2, 0.25) is 0 Å². The fourth-order valence-corrected chi connectivity index (χ4v) is 1.40. The van der Waals surface area contributed by atoms with E-state index in [2.05, 4.69) is 32.9 Å². The first-order valence-electron chi connectivity index (χ1n) is 5.41.